The first-order valence-electron chi connectivity index (χ1n) is 5.29. The number of nitrogens with one attached hydrogen (secondary N) is 1. The molecule has 0 aliphatic carbocycles. The summed E-state index contributed by atoms with van der Waals surface area (Å²) in [5, 5.41) is 3.03. The van der Waals surface area contributed by atoms with Gasteiger partial charge in [0.1, 0.15) is 17.3 Å². The molecule has 0 saturated carbocycles. The van der Waals surface area contributed by atoms with Gasteiger partial charge in [-0.25, -0.2) is 14.8 Å². The van der Waals surface area contributed by atoms with Crippen LogP contribution in [-0.2, 0) is 0 Å². The Balaban J connectivity index is 1.96. The number of likely N-dealkylation sites (tertiary alicyclic amines) is 1. The van der Waals surface area contributed by atoms with E-state index < -0.39 is 0 Å². The molecule has 6 heteroatoms. The van der Waals surface area contributed by atoms with Crippen molar-refractivity contribution >= 4 is 23.4 Å². The van der Waals surface area contributed by atoms with Crippen LogP contribution in [0.3, 0.4) is 0 Å². The largest absolute Gasteiger partial charge is 0.325 e. The van der Waals surface area contributed by atoms with Crippen LogP contribution in [0.15, 0.2) is 12.4 Å². The van der Waals surface area contributed by atoms with Gasteiger partial charge in [-0.15, -0.1) is 0 Å². The van der Waals surface area contributed by atoms with Crippen LogP contribution >= 0.6 is 11.6 Å². The maximum Gasteiger partial charge on any atom is 0.323 e. The van der Waals surface area contributed by atoms with Crippen molar-refractivity contribution in [3.63, 3.8) is 0 Å². The van der Waals surface area contributed by atoms with E-state index in [0.29, 0.717) is 11.0 Å². The molecule has 1 aromatic rings. The van der Waals surface area contributed by atoms with Crippen molar-refractivity contribution in [1.82, 2.24) is 14.9 Å². The van der Waals surface area contributed by atoms with Crippen LogP contribution in [0.1, 0.15) is 19.3 Å². The lowest BCUT2D eigenvalue weighted by Crippen LogP contribution is -2.38. The van der Waals surface area contributed by atoms with Gasteiger partial charge in [0.15, 0.2) is 0 Å². The van der Waals surface area contributed by atoms with Gasteiger partial charge in [-0.3, -0.25) is 5.32 Å². The lowest BCUT2D eigenvalue weighted by Gasteiger charge is -2.26. The second-order valence-electron chi connectivity index (χ2n) is 3.70. The first kappa shape index (κ1) is 11.1. The Morgan fingerprint density at radius 2 is 2.06 bits per heavy atom. The summed E-state index contributed by atoms with van der Waals surface area (Å²) in [6.45, 7) is 1.62. The number of nitrogens with zero attached hydrogens (tertiary/aromatic N) is 3. The number of carbonyl (C=O) groups is 1. The predicted octanol–water partition coefficient (Wildman–Crippen LogP) is 2.15. The Labute approximate surface area is 98.8 Å². The topological polar surface area (TPSA) is 58.1 Å². The van der Waals surface area contributed by atoms with E-state index in [0.717, 1.165) is 25.9 Å². The van der Waals surface area contributed by atoms with E-state index in [-0.39, 0.29) is 6.03 Å². The quantitative estimate of drug-likeness (QED) is 0.766. The van der Waals surface area contributed by atoms with Crippen LogP contribution in [0.2, 0.25) is 5.15 Å². The molecule has 1 saturated heterocycles. The molecule has 0 unspecified atom stereocenters. The highest BCUT2D eigenvalue weighted by atomic mass is 35.5. The van der Waals surface area contributed by atoms with Crippen molar-refractivity contribution in [2.75, 3.05) is 18.4 Å². The van der Waals surface area contributed by atoms with E-state index in [9.17, 15) is 4.79 Å². The van der Waals surface area contributed by atoms with Crippen molar-refractivity contribution in [3.05, 3.63) is 17.5 Å². The third-order valence-electron chi connectivity index (χ3n) is 2.51. The summed E-state index contributed by atoms with van der Waals surface area (Å²) in [5.74, 6) is 0.440. The van der Waals surface area contributed by atoms with Crippen molar-refractivity contribution in [2.45, 2.75) is 19.3 Å². The Kier molecular flexibility index (Phi) is 3.56. The molecule has 1 aliphatic heterocycles. The number of carbonyl (C=O) groups excluding carboxylic acids is 1. The molecule has 0 aromatic carbocycles. The number of piperidine rings is 1. The maximum atomic E-state index is 11.8. The van der Waals surface area contributed by atoms with E-state index in [4.69, 9.17) is 11.6 Å². The molecule has 0 bridgehead atoms. The molecule has 2 amide bonds. The molecule has 0 radical (unpaired) electrons. The Morgan fingerprint density at radius 1 is 1.31 bits per heavy atom. The summed E-state index contributed by atoms with van der Waals surface area (Å²) in [7, 11) is 0. The lowest BCUT2D eigenvalue weighted by atomic mass is 10.1. The van der Waals surface area contributed by atoms with Gasteiger partial charge in [0.05, 0.1) is 0 Å². The second-order valence-corrected chi connectivity index (χ2v) is 4.09. The molecule has 1 N–H and O–H groups in total. The van der Waals surface area contributed by atoms with Crippen molar-refractivity contribution in [3.8, 4) is 0 Å². The standard InChI is InChI=1S/C10H13ClN4O/c11-8-6-9(13-7-12-8)14-10(16)15-4-2-1-3-5-15/h6-7H,1-5H2,(H,12,13,14,16). The molecule has 5 nitrogen and oxygen atoms in total. The number of hydrogen-bond donors (Lipinski definition) is 1. The molecular weight excluding hydrogens is 228 g/mol. The zero-order valence-electron chi connectivity index (χ0n) is 8.82. The molecule has 16 heavy (non-hydrogen) atoms. The third kappa shape index (κ3) is 2.82. The number of rotatable bonds is 1. The average molecular weight is 241 g/mol. The summed E-state index contributed by atoms with van der Waals surface area (Å²) in [6, 6.07) is 1.41. The lowest BCUT2D eigenvalue weighted by molar-refractivity contribution is 0.200. The fourth-order valence-corrected chi connectivity index (χ4v) is 1.83. The van der Waals surface area contributed by atoms with Gasteiger partial charge >= 0.3 is 6.03 Å². The molecule has 1 fully saturated rings. The second kappa shape index (κ2) is 5.12. The van der Waals surface area contributed by atoms with Crippen LogP contribution in [0.4, 0.5) is 10.6 Å². The summed E-state index contributed by atoms with van der Waals surface area (Å²) >= 11 is 5.70. The molecular formula is C10H13ClN4O. The zero-order valence-corrected chi connectivity index (χ0v) is 9.57. The van der Waals surface area contributed by atoms with Gasteiger partial charge in [0, 0.05) is 19.2 Å². The van der Waals surface area contributed by atoms with E-state index in [1.165, 1.54) is 18.8 Å². The van der Waals surface area contributed by atoms with Gasteiger partial charge in [0.2, 0.25) is 0 Å². The number of aromatic nitrogens is 2. The van der Waals surface area contributed by atoms with E-state index in [1.54, 1.807) is 4.90 Å². The predicted molar refractivity (Wildman–Crippen MR) is 61.5 cm³/mol. The SMILES string of the molecule is O=C(Nc1cc(Cl)ncn1)N1CCCCC1. The van der Waals surface area contributed by atoms with Gasteiger partial charge in [-0.2, -0.15) is 0 Å². The van der Waals surface area contributed by atoms with Gasteiger partial charge < -0.3 is 4.90 Å². The Bertz CT molecular complexity index is 379. The van der Waals surface area contributed by atoms with Crippen molar-refractivity contribution in [1.29, 1.82) is 0 Å². The molecule has 1 aromatic heterocycles. The normalized spacial score (nSPS) is 15.9. The van der Waals surface area contributed by atoms with Gasteiger partial charge in [-0.1, -0.05) is 11.6 Å². The molecule has 0 spiro atoms. The maximum absolute atomic E-state index is 11.8. The summed E-state index contributed by atoms with van der Waals surface area (Å²) in [5.41, 5.74) is 0. The molecule has 1 aliphatic rings. The van der Waals surface area contributed by atoms with Crippen LogP contribution in [0.5, 0.6) is 0 Å². The summed E-state index contributed by atoms with van der Waals surface area (Å²) in [4.78, 5) is 21.3. The fourth-order valence-electron chi connectivity index (χ4n) is 1.69. The van der Waals surface area contributed by atoms with E-state index in [2.05, 4.69) is 15.3 Å². The van der Waals surface area contributed by atoms with Gasteiger partial charge in [-0.05, 0) is 19.3 Å². The summed E-state index contributed by atoms with van der Waals surface area (Å²) in [6.07, 6.45) is 4.66. The molecule has 0 atom stereocenters. The Hall–Kier alpha value is -1.36. The van der Waals surface area contributed by atoms with Crippen LogP contribution < -0.4 is 5.32 Å². The number of hydrogen-bond acceptors (Lipinski definition) is 3. The minimum Gasteiger partial charge on any atom is -0.325 e. The van der Waals surface area contributed by atoms with Crippen molar-refractivity contribution < 1.29 is 4.79 Å². The first-order chi connectivity index (χ1) is 7.75. The smallest absolute Gasteiger partial charge is 0.323 e. The number of anilines is 1. The Morgan fingerprint density at radius 3 is 2.75 bits per heavy atom. The highest BCUT2D eigenvalue weighted by Crippen LogP contribution is 2.12. The number of urea groups is 1. The third-order valence-corrected chi connectivity index (χ3v) is 2.72. The van der Waals surface area contributed by atoms with Crippen LogP contribution in [-0.4, -0.2) is 34.0 Å². The summed E-state index contributed by atoms with van der Waals surface area (Å²) < 4.78 is 0. The van der Waals surface area contributed by atoms with Gasteiger partial charge in [0.25, 0.3) is 0 Å². The highest BCUT2D eigenvalue weighted by Gasteiger charge is 2.16. The molecule has 86 valence electrons. The minimum atomic E-state index is -0.116. The fraction of sp³-hybridized carbons (Fsp3) is 0.500. The van der Waals surface area contributed by atoms with E-state index in [1.807, 2.05) is 0 Å². The molecule has 2 heterocycles. The minimum absolute atomic E-state index is 0.116. The number of halogens is 1. The van der Waals surface area contributed by atoms with Crippen LogP contribution in [0.25, 0.3) is 0 Å². The first-order valence-corrected chi connectivity index (χ1v) is 5.67. The highest BCUT2D eigenvalue weighted by molar-refractivity contribution is 6.29. The monoisotopic (exact) mass is 240 g/mol. The van der Waals surface area contributed by atoms with Crippen molar-refractivity contribution in [2.24, 2.45) is 0 Å². The average Bonchev–Trinajstić information content (AvgIpc) is 2.30. The number of amides is 2. The zero-order chi connectivity index (χ0) is 11.4. The van der Waals surface area contributed by atoms with E-state index >= 15 is 0 Å². The van der Waals surface area contributed by atoms with Crippen LogP contribution in [0, 0.1) is 0 Å². The molecule has 2 rings (SSSR count).